The van der Waals surface area contributed by atoms with Crippen molar-refractivity contribution in [2.24, 2.45) is 5.92 Å². The molecule has 0 bridgehead atoms. The van der Waals surface area contributed by atoms with Gasteiger partial charge in [-0.2, -0.15) is 0 Å². The van der Waals surface area contributed by atoms with Crippen LogP contribution >= 0.6 is 0 Å². The Hall–Kier alpha value is -4.17. The van der Waals surface area contributed by atoms with Crippen LogP contribution in [-0.2, 0) is 22.5 Å². The van der Waals surface area contributed by atoms with Crippen LogP contribution < -0.4 is 5.69 Å². The summed E-state index contributed by atoms with van der Waals surface area (Å²) in [5, 5.41) is 0. The summed E-state index contributed by atoms with van der Waals surface area (Å²) in [6, 6.07) is 20.6. The van der Waals surface area contributed by atoms with E-state index in [0.717, 1.165) is 89.0 Å². The normalized spacial score (nSPS) is 16.2. The maximum Gasteiger partial charge on any atom is 0.331 e. The Kier molecular flexibility index (Phi) is 8.71. The number of ether oxygens (including phenoxy) is 1. The molecule has 1 saturated heterocycles. The lowest BCUT2D eigenvalue weighted by Crippen LogP contribution is -2.40. The van der Waals surface area contributed by atoms with Gasteiger partial charge in [-0.15, -0.1) is 0 Å². The molecule has 0 unspecified atom stereocenters. The van der Waals surface area contributed by atoms with Gasteiger partial charge in [0.1, 0.15) is 5.82 Å². The smallest absolute Gasteiger partial charge is 0.331 e. The molecule has 0 radical (unpaired) electrons. The van der Waals surface area contributed by atoms with Gasteiger partial charge in [0.2, 0.25) is 5.91 Å². The van der Waals surface area contributed by atoms with Crippen molar-refractivity contribution in [2.45, 2.75) is 65.3 Å². The minimum atomic E-state index is -0.137. The molecule has 8 nitrogen and oxygen atoms in total. The van der Waals surface area contributed by atoms with Crippen molar-refractivity contribution in [3.63, 3.8) is 0 Å². The molecule has 44 heavy (non-hydrogen) atoms. The average Bonchev–Trinajstić information content (AvgIpc) is 3.54. The number of aryl methyl sites for hydroxylation is 3. The second-order valence-electron chi connectivity index (χ2n) is 12.5. The van der Waals surface area contributed by atoms with Gasteiger partial charge in [0, 0.05) is 45.7 Å². The molecule has 1 N–H and O–H groups in total. The predicted octanol–water partition coefficient (Wildman–Crippen LogP) is 6.30. The lowest BCUT2D eigenvalue weighted by Gasteiger charge is -2.33. The summed E-state index contributed by atoms with van der Waals surface area (Å²) in [6.45, 7) is 9.36. The van der Waals surface area contributed by atoms with Crippen LogP contribution in [-0.4, -0.2) is 56.7 Å². The van der Waals surface area contributed by atoms with Crippen molar-refractivity contribution in [3.05, 3.63) is 93.7 Å². The number of para-hydroxylation sites is 2. The number of likely N-dealkylation sites (tertiary alicyclic amines) is 1. The highest BCUT2D eigenvalue weighted by Gasteiger charge is 2.29. The number of amides is 1. The summed E-state index contributed by atoms with van der Waals surface area (Å²) in [4.78, 5) is 36.4. The molecule has 0 aliphatic carbocycles. The molecule has 1 aliphatic rings. The number of fused-ring (bicyclic) bond motifs is 2. The van der Waals surface area contributed by atoms with Crippen LogP contribution in [0.1, 0.15) is 61.0 Å². The number of benzene rings is 3. The van der Waals surface area contributed by atoms with Crippen LogP contribution in [0.4, 0.5) is 0 Å². The Labute approximate surface area is 258 Å². The van der Waals surface area contributed by atoms with E-state index in [9.17, 15) is 9.59 Å². The average molecular weight is 594 g/mol. The van der Waals surface area contributed by atoms with Crippen molar-refractivity contribution in [1.29, 1.82) is 0 Å². The number of H-pyrrole nitrogens is 1. The number of rotatable bonds is 10. The first kappa shape index (κ1) is 29.9. The van der Waals surface area contributed by atoms with E-state index >= 15 is 0 Å². The predicted molar refractivity (Wildman–Crippen MR) is 176 cm³/mol. The van der Waals surface area contributed by atoms with Crippen LogP contribution in [0.2, 0.25) is 0 Å². The number of hydrogen-bond donors (Lipinski definition) is 1. The van der Waals surface area contributed by atoms with Gasteiger partial charge in [-0.05, 0) is 98.5 Å². The number of imidazole rings is 2. The maximum atomic E-state index is 13.5. The first-order valence-electron chi connectivity index (χ1n) is 15.9. The number of carbonyl (C=O) groups excluding carboxylic acids is 1. The topological polar surface area (TPSA) is 85.1 Å². The van der Waals surface area contributed by atoms with Crippen molar-refractivity contribution < 1.29 is 9.53 Å². The van der Waals surface area contributed by atoms with E-state index in [0.29, 0.717) is 19.6 Å². The molecule has 6 rings (SSSR count). The summed E-state index contributed by atoms with van der Waals surface area (Å²) < 4.78 is 9.39. The van der Waals surface area contributed by atoms with Crippen LogP contribution in [0.3, 0.4) is 0 Å². The molecule has 1 amide bonds. The van der Waals surface area contributed by atoms with Gasteiger partial charge in [-0.25, -0.2) is 9.78 Å². The fourth-order valence-corrected chi connectivity index (χ4v) is 6.73. The zero-order chi connectivity index (χ0) is 30.8. The zero-order valence-electron chi connectivity index (χ0n) is 26.3. The van der Waals surface area contributed by atoms with E-state index < -0.39 is 0 Å². The van der Waals surface area contributed by atoms with Crippen molar-refractivity contribution in [2.75, 3.05) is 26.8 Å². The third kappa shape index (κ3) is 6.09. The maximum absolute atomic E-state index is 13.5. The Balaban J connectivity index is 1.11. The standard InChI is InChI=1S/C36H43N5O3/c1-24(19-27-12-14-29(15-13-27)41-33-22-26(3)25(2)21-31(33)38-36(41)43)20-34(42)39-16-7-9-28(23-39)35-37-30-10-5-6-11-32(30)40(35)17-8-18-44-4/h5-6,10-15,21-22,24,28H,7-9,16-20,23H2,1-4H3,(H,38,43)/t24-,28-/m1/s1. The molecule has 0 saturated carbocycles. The quantitative estimate of drug-likeness (QED) is 0.193. The second kappa shape index (κ2) is 12.8. The van der Waals surface area contributed by atoms with Gasteiger partial charge in [0.05, 0.1) is 27.8 Å². The van der Waals surface area contributed by atoms with E-state index in [1.54, 1.807) is 11.7 Å². The monoisotopic (exact) mass is 593 g/mol. The molecular formula is C36H43N5O3. The summed E-state index contributed by atoms with van der Waals surface area (Å²) in [7, 11) is 1.74. The third-order valence-electron chi connectivity index (χ3n) is 9.15. The van der Waals surface area contributed by atoms with Gasteiger partial charge in [-0.3, -0.25) is 9.36 Å². The van der Waals surface area contributed by atoms with Gasteiger partial charge in [0.15, 0.2) is 0 Å². The number of aromatic nitrogens is 4. The minimum Gasteiger partial charge on any atom is -0.385 e. The molecular weight excluding hydrogens is 550 g/mol. The number of methoxy groups -OCH3 is 1. The Bertz CT molecular complexity index is 1830. The summed E-state index contributed by atoms with van der Waals surface area (Å²) in [5.41, 5.74) is 8.07. The van der Waals surface area contributed by atoms with E-state index in [-0.39, 0.29) is 23.4 Å². The number of nitrogens with zero attached hydrogens (tertiary/aromatic N) is 4. The van der Waals surface area contributed by atoms with Crippen molar-refractivity contribution in [3.8, 4) is 5.69 Å². The first-order chi connectivity index (χ1) is 21.3. The van der Waals surface area contributed by atoms with E-state index in [2.05, 4.69) is 71.6 Å². The highest BCUT2D eigenvalue weighted by molar-refractivity contribution is 5.79. The first-order valence-corrected chi connectivity index (χ1v) is 15.9. The molecule has 5 aromatic rings. The molecule has 2 aromatic heterocycles. The van der Waals surface area contributed by atoms with Gasteiger partial charge >= 0.3 is 5.69 Å². The summed E-state index contributed by atoms with van der Waals surface area (Å²) >= 11 is 0. The van der Waals surface area contributed by atoms with Crippen molar-refractivity contribution >= 4 is 28.0 Å². The zero-order valence-corrected chi connectivity index (χ0v) is 26.3. The molecule has 2 atom stereocenters. The Morgan fingerprint density at radius 3 is 2.64 bits per heavy atom. The number of carbonyl (C=O) groups is 1. The third-order valence-corrected chi connectivity index (χ3v) is 9.15. The van der Waals surface area contributed by atoms with Crippen molar-refractivity contribution in [1.82, 2.24) is 24.0 Å². The highest BCUT2D eigenvalue weighted by atomic mass is 16.5. The van der Waals surface area contributed by atoms with Crippen LogP contribution in [0.15, 0.2) is 65.5 Å². The Morgan fingerprint density at radius 2 is 1.84 bits per heavy atom. The van der Waals surface area contributed by atoms with Gasteiger partial charge in [-0.1, -0.05) is 31.2 Å². The molecule has 8 heteroatoms. The van der Waals surface area contributed by atoms with Gasteiger partial charge < -0.3 is 19.2 Å². The fourth-order valence-electron chi connectivity index (χ4n) is 6.73. The SMILES string of the molecule is COCCCn1c([C@@H]2CCCN(C(=O)C[C@H](C)Cc3ccc(-n4c(=O)[nH]c5cc(C)c(C)cc54)cc3)C2)nc2ccccc21. The molecule has 1 fully saturated rings. The molecule has 3 aromatic carbocycles. The number of hydrogen-bond acceptors (Lipinski definition) is 4. The van der Waals surface area contributed by atoms with Crippen LogP contribution in [0.25, 0.3) is 27.8 Å². The number of aromatic amines is 1. The second-order valence-corrected chi connectivity index (χ2v) is 12.5. The summed E-state index contributed by atoms with van der Waals surface area (Å²) in [6.07, 6.45) is 4.27. The van der Waals surface area contributed by atoms with E-state index in [1.165, 1.54) is 0 Å². The number of piperidine rings is 1. The van der Waals surface area contributed by atoms with E-state index in [1.807, 2.05) is 24.3 Å². The minimum absolute atomic E-state index is 0.137. The lowest BCUT2D eigenvalue weighted by atomic mass is 9.94. The summed E-state index contributed by atoms with van der Waals surface area (Å²) in [5.74, 6) is 1.74. The Morgan fingerprint density at radius 1 is 1.07 bits per heavy atom. The van der Waals surface area contributed by atoms with Crippen LogP contribution in [0, 0.1) is 19.8 Å². The number of nitrogens with one attached hydrogen (secondary N) is 1. The van der Waals surface area contributed by atoms with Crippen LogP contribution in [0.5, 0.6) is 0 Å². The molecule has 3 heterocycles. The fraction of sp³-hybridized carbons (Fsp3) is 0.417. The lowest BCUT2D eigenvalue weighted by molar-refractivity contribution is -0.133. The molecule has 230 valence electrons. The van der Waals surface area contributed by atoms with Gasteiger partial charge in [0.25, 0.3) is 0 Å². The largest absolute Gasteiger partial charge is 0.385 e. The molecule has 0 spiro atoms. The molecule has 1 aliphatic heterocycles. The highest BCUT2D eigenvalue weighted by Crippen LogP contribution is 2.30. The van der Waals surface area contributed by atoms with E-state index in [4.69, 9.17) is 9.72 Å².